The molecule has 0 saturated carbocycles. The molecule has 0 aliphatic carbocycles. The molecule has 3 aromatic rings. The van der Waals surface area contributed by atoms with Crippen molar-refractivity contribution in [2.45, 2.75) is 20.3 Å². The number of aryl methyl sites for hydroxylation is 2. The van der Waals surface area contributed by atoms with Crippen LogP contribution in [0, 0.1) is 13.8 Å². The fourth-order valence-corrected chi connectivity index (χ4v) is 3.24. The molecule has 1 aromatic heterocycles. The Balaban J connectivity index is 1.56. The molecule has 1 aliphatic heterocycles. The van der Waals surface area contributed by atoms with Gasteiger partial charge in [-0.2, -0.15) is 0 Å². The van der Waals surface area contributed by atoms with Gasteiger partial charge in [-0.3, -0.25) is 19.7 Å². The van der Waals surface area contributed by atoms with Crippen LogP contribution in [0.2, 0.25) is 0 Å². The number of carbonyl (C=O) groups is 3. The highest BCUT2D eigenvalue weighted by Crippen LogP contribution is 2.25. The first-order chi connectivity index (χ1) is 12.4. The van der Waals surface area contributed by atoms with Gasteiger partial charge in [0.25, 0.3) is 11.8 Å². The second-order valence-corrected chi connectivity index (χ2v) is 6.35. The third-order valence-corrected chi connectivity index (χ3v) is 4.33. The highest BCUT2D eigenvalue weighted by Gasteiger charge is 2.26. The highest BCUT2D eigenvalue weighted by molar-refractivity contribution is 6.22. The molecular weight excluding hydrogens is 334 g/mol. The van der Waals surface area contributed by atoms with E-state index in [-0.39, 0.29) is 17.9 Å². The Kier molecular flexibility index (Phi) is 3.57. The van der Waals surface area contributed by atoms with Crippen molar-refractivity contribution in [1.29, 1.82) is 0 Å². The van der Waals surface area contributed by atoms with Crippen LogP contribution >= 0.6 is 0 Å². The van der Waals surface area contributed by atoms with Crippen LogP contribution in [0.25, 0.3) is 11.0 Å². The van der Waals surface area contributed by atoms with Crippen LogP contribution in [0.1, 0.15) is 37.5 Å². The molecule has 0 bridgehead atoms. The average Bonchev–Trinajstić information content (AvgIpc) is 3.09. The van der Waals surface area contributed by atoms with E-state index in [1.807, 2.05) is 26.0 Å². The zero-order valence-corrected chi connectivity index (χ0v) is 14.2. The lowest BCUT2D eigenvalue weighted by atomic mass is 10.0. The molecule has 130 valence electrons. The number of nitrogens with zero attached hydrogens (tertiary/aromatic N) is 1. The van der Waals surface area contributed by atoms with Gasteiger partial charge in [0.1, 0.15) is 5.69 Å². The number of benzene rings is 2. The van der Waals surface area contributed by atoms with E-state index >= 15 is 0 Å². The van der Waals surface area contributed by atoms with Gasteiger partial charge in [-0.05, 0) is 49.2 Å². The van der Waals surface area contributed by atoms with Gasteiger partial charge in [0, 0.05) is 11.1 Å². The van der Waals surface area contributed by atoms with Gasteiger partial charge in [0.15, 0.2) is 5.58 Å². The van der Waals surface area contributed by atoms with E-state index in [4.69, 9.17) is 4.52 Å². The standard InChI is InChI=1S/C19H15N3O4/c1-9-5-10(2)17-14(22-26-15(17)6-9)8-16(23)20-11-3-4-12-13(7-11)19(25)21-18(12)24/h3-7H,8H2,1-2H3,(H,20,23)(H,21,24,25). The Morgan fingerprint density at radius 1 is 1.12 bits per heavy atom. The van der Waals surface area contributed by atoms with E-state index in [2.05, 4.69) is 15.8 Å². The van der Waals surface area contributed by atoms with Gasteiger partial charge in [0.05, 0.1) is 17.5 Å². The number of anilines is 1. The Bertz CT molecular complexity index is 1100. The average molecular weight is 349 g/mol. The fourth-order valence-electron chi connectivity index (χ4n) is 3.24. The summed E-state index contributed by atoms with van der Waals surface area (Å²) in [4.78, 5) is 35.7. The van der Waals surface area contributed by atoms with Crippen LogP contribution in [-0.2, 0) is 11.2 Å². The predicted molar refractivity (Wildman–Crippen MR) is 94.1 cm³/mol. The molecule has 0 saturated heterocycles. The first-order valence-corrected chi connectivity index (χ1v) is 8.07. The summed E-state index contributed by atoms with van der Waals surface area (Å²) in [6, 6.07) is 8.49. The minimum atomic E-state index is -0.463. The van der Waals surface area contributed by atoms with Crippen LogP contribution in [0.3, 0.4) is 0 Å². The van der Waals surface area contributed by atoms with Gasteiger partial charge in [0.2, 0.25) is 5.91 Å². The Labute approximate surface area is 148 Å². The first-order valence-electron chi connectivity index (χ1n) is 8.07. The molecule has 26 heavy (non-hydrogen) atoms. The van der Waals surface area contributed by atoms with Crippen LogP contribution in [0.4, 0.5) is 5.69 Å². The summed E-state index contributed by atoms with van der Waals surface area (Å²) >= 11 is 0. The summed E-state index contributed by atoms with van der Waals surface area (Å²) in [7, 11) is 0. The van der Waals surface area contributed by atoms with Crippen LogP contribution in [0.15, 0.2) is 34.9 Å². The lowest BCUT2D eigenvalue weighted by Crippen LogP contribution is -2.19. The molecule has 0 spiro atoms. The summed E-state index contributed by atoms with van der Waals surface area (Å²) in [6.07, 6.45) is 0.0408. The summed E-state index contributed by atoms with van der Waals surface area (Å²) in [6.45, 7) is 3.92. The number of amides is 3. The van der Waals surface area contributed by atoms with Crippen LogP contribution < -0.4 is 10.6 Å². The van der Waals surface area contributed by atoms with Crippen molar-refractivity contribution in [1.82, 2.24) is 10.5 Å². The number of rotatable bonds is 3. The number of hydrogen-bond acceptors (Lipinski definition) is 5. The van der Waals surface area contributed by atoms with Crippen LogP contribution in [0.5, 0.6) is 0 Å². The SMILES string of the molecule is Cc1cc(C)c2c(CC(=O)Nc3ccc4c(c3)C(=O)NC4=O)noc2c1. The number of carbonyl (C=O) groups excluding carboxylic acids is 3. The van der Waals surface area contributed by atoms with Crippen molar-refractivity contribution in [3.63, 3.8) is 0 Å². The molecule has 3 amide bonds. The molecule has 4 rings (SSSR count). The summed E-state index contributed by atoms with van der Waals surface area (Å²) in [5, 5.41) is 9.80. The number of imide groups is 1. The lowest BCUT2D eigenvalue weighted by molar-refractivity contribution is -0.115. The zero-order chi connectivity index (χ0) is 18.4. The summed E-state index contributed by atoms with van der Waals surface area (Å²) in [5.41, 5.74) is 4.28. The summed E-state index contributed by atoms with van der Waals surface area (Å²) in [5.74, 6) is -1.18. The largest absolute Gasteiger partial charge is 0.356 e. The Morgan fingerprint density at radius 2 is 1.88 bits per heavy atom. The highest BCUT2D eigenvalue weighted by atomic mass is 16.5. The summed E-state index contributed by atoms with van der Waals surface area (Å²) < 4.78 is 5.33. The van der Waals surface area contributed by atoms with Gasteiger partial charge in [-0.25, -0.2) is 0 Å². The topological polar surface area (TPSA) is 101 Å². The maximum atomic E-state index is 12.4. The van der Waals surface area contributed by atoms with E-state index in [0.29, 0.717) is 22.5 Å². The van der Waals surface area contributed by atoms with Crippen molar-refractivity contribution in [2.24, 2.45) is 0 Å². The van der Waals surface area contributed by atoms with E-state index < -0.39 is 11.8 Å². The molecule has 2 aromatic carbocycles. The predicted octanol–water partition coefficient (Wildman–Crippen LogP) is 2.51. The minimum Gasteiger partial charge on any atom is -0.356 e. The Hall–Kier alpha value is -3.48. The van der Waals surface area contributed by atoms with Crippen LogP contribution in [-0.4, -0.2) is 22.9 Å². The fraction of sp³-hybridized carbons (Fsp3) is 0.158. The molecule has 0 radical (unpaired) electrons. The van der Waals surface area contributed by atoms with Gasteiger partial charge in [-0.1, -0.05) is 11.2 Å². The lowest BCUT2D eigenvalue weighted by Gasteiger charge is -2.06. The van der Waals surface area contributed by atoms with Gasteiger partial charge in [-0.15, -0.1) is 0 Å². The zero-order valence-electron chi connectivity index (χ0n) is 14.2. The minimum absolute atomic E-state index is 0.0408. The molecule has 0 atom stereocenters. The monoisotopic (exact) mass is 349 g/mol. The molecule has 2 N–H and O–H groups in total. The molecule has 2 heterocycles. The van der Waals surface area contributed by atoms with Crippen molar-refractivity contribution in [2.75, 3.05) is 5.32 Å². The van der Waals surface area contributed by atoms with Crippen molar-refractivity contribution in [3.8, 4) is 0 Å². The quantitative estimate of drug-likeness (QED) is 0.708. The van der Waals surface area contributed by atoms with E-state index in [1.54, 1.807) is 6.07 Å². The molecular formula is C19H15N3O4. The van der Waals surface area contributed by atoms with E-state index in [9.17, 15) is 14.4 Å². The number of aromatic nitrogens is 1. The van der Waals surface area contributed by atoms with Crippen molar-refractivity contribution < 1.29 is 18.9 Å². The number of hydrogen-bond donors (Lipinski definition) is 2. The molecule has 0 unspecified atom stereocenters. The van der Waals surface area contributed by atoms with Crippen molar-refractivity contribution >= 4 is 34.4 Å². The smallest absolute Gasteiger partial charge is 0.259 e. The molecule has 0 fully saturated rings. The van der Waals surface area contributed by atoms with Gasteiger partial charge >= 0.3 is 0 Å². The van der Waals surface area contributed by atoms with Crippen molar-refractivity contribution in [3.05, 3.63) is 58.3 Å². The maximum absolute atomic E-state index is 12.4. The number of nitrogens with one attached hydrogen (secondary N) is 2. The third kappa shape index (κ3) is 2.63. The molecule has 7 nitrogen and oxygen atoms in total. The first kappa shape index (κ1) is 16.0. The van der Waals surface area contributed by atoms with Gasteiger partial charge < -0.3 is 9.84 Å². The number of fused-ring (bicyclic) bond motifs is 2. The molecule has 7 heteroatoms. The maximum Gasteiger partial charge on any atom is 0.259 e. The third-order valence-electron chi connectivity index (χ3n) is 4.33. The van der Waals surface area contributed by atoms with E-state index in [0.717, 1.165) is 16.5 Å². The Morgan fingerprint density at radius 3 is 2.69 bits per heavy atom. The second kappa shape index (κ2) is 5.80. The molecule has 1 aliphatic rings. The normalized spacial score (nSPS) is 13.0. The second-order valence-electron chi connectivity index (χ2n) is 6.35. The van der Waals surface area contributed by atoms with E-state index in [1.165, 1.54) is 12.1 Å².